The minimum atomic E-state index is 0.741. The number of rotatable bonds is 8. The fourth-order valence-corrected chi connectivity index (χ4v) is 2.34. The molecule has 108 valence electrons. The second-order valence-corrected chi connectivity index (χ2v) is 5.07. The van der Waals surface area contributed by atoms with E-state index in [9.17, 15) is 0 Å². The van der Waals surface area contributed by atoms with Crippen LogP contribution in [0.1, 0.15) is 18.9 Å². The minimum absolute atomic E-state index is 0.741. The molecule has 2 rings (SSSR count). The van der Waals surface area contributed by atoms with E-state index in [1.165, 1.54) is 22.0 Å². The van der Waals surface area contributed by atoms with Crippen molar-refractivity contribution in [2.24, 2.45) is 0 Å². The normalized spacial score (nSPS) is 11.1. The minimum Gasteiger partial charge on any atom is -0.383 e. The van der Waals surface area contributed by atoms with Gasteiger partial charge >= 0.3 is 0 Å². The maximum absolute atomic E-state index is 5.06. The third-order valence-electron chi connectivity index (χ3n) is 3.56. The van der Waals surface area contributed by atoms with Gasteiger partial charge in [0.25, 0.3) is 0 Å². The molecule has 0 radical (unpaired) electrons. The molecule has 0 atom stereocenters. The smallest absolute Gasteiger partial charge is 0.0587 e. The number of allylic oxidation sites excluding steroid dienone is 1. The first-order valence-corrected chi connectivity index (χ1v) is 7.19. The van der Waals surface area contributed by atoms with Crippen LogP contribution in [-0.4, -0.2) is 24.8 Å². The zero-order valence-electron chi connectivity index (χ0n) is 12.5. The molecule has 1 heterocycles. The predicted molar refractivity (Wildman–Crippen MR) is 85.0 cm³/mol. The van der Waals surface area contributed by atoms with Gasteiger partial charge in [-0.2, -0.15) is 0 Å². The first-order valence-electron chi connectivity index (χ1n) is 7.19. The molecule has 3 nitrogen and oxygen atoms in total. The number of benzene rings is 1. The van der Waals surface area contributed by atoms with Crippen molar-refractivity contribution in [2.75, 3.05) is 20.3 Å². The summed E-state index contributed by atoms with van der Waals surface area (Å²) in [5, 5.41) is 4.74. The standard InChI is InChI=1S/C17H24N2O/c1-4-14(2)12-19-13-15(11-18-9-10-20-3)16-7-5-6-8-17(16)19/h5-8,13,18H,2,4,9-12H2,1,3H3. The fraction of sp³-hybridized carbons (Fsp3) is 0.412. The van der Waals surface area contributed by atoms with Crippen molar-refractivity contribution >= 4 is 10.9 Å². The Morgan fingerprint density at radius 1 is 1.35 bits per heavy atom. The van der Waals surface area contributed by atoms with Gasteiger partial charge in [-0.3, -0.25) is 0 Å². The number of ether oxygens (including phenoxy) is 1. The SMILES string of the molecule is C=C(CC)Cn1cc(CNCCOC)c2ccccc21. The first-order chi connectivity index (χ1) is 9.76. The molecule has 0 saturated heterocycles. The summed E-state index contributed by atoms with van der Waals surface area (Å²) in [5.41, 5.74) is 3.87. The molecule has 0 aliphatic heterocycles. The van der Waals surface area contributed by atoms with Crippen molar-refractivity contribution < 1.29 is 4.74 Å². The van der Waals surface area contributed by atoms with Crippen LogP contribution >= 0.6 is 0 Å². The van der Waals surface area contributed by atoms with Crippen molar-refractivity contribution in [3.63, 3.8) is 0 Å². The van der Waals surface area contributed by atoms with E-state index in [1.807, 2.05) is 0 Å². The summed E-state index contributed by atoms with van der Waals surface area (Å²) in [4.78, 5) is 0. The number of aromatic nitrogens is 1. The highest BCUT2D eigenvalue weighted by Crippen LogP contribution is 2.22. The largest absolute Gasteiger partial charge is 0.383 e. The van der Waals surface area contributed by atoms with Crippen LogP contribution in [0, 0.1) is 0 Å². The second-order valence-electron chi connectivity index (χ2n) is 5.07. The molecule has 0 bridgehead atoms. The number of nitrogens with one attached hydrogen (secondary N) is 1. The highest BCUT2D eigenvalue weighted by atomic mass is 16.5. The van der Waals surface area contributed by atoms with Gasteiger partial charge in [0.2, 0.25) is 0 Å². The molecule has 1 aromatic heterocycles. The molecule has 0 unspecified atom stereocenters. The molecule has 1 aromatic carbocycles. The lowest BCUT2D eigenvalue weighted by atomic mass is 10.2. The third-order valence-corrected chi connectivity index (χ3v) is 3.56. The average Bonchev–Trinajstić information content (AvgIpc) is 2.82. The predicted octanol–water partition coefficient (Wildman–Crippen LogP) is 3.34. The van der Waals surface area contributed by atoms with E-state index in [4.69, 9.17) is 4.74 Å². The topological polar surface area (TPSA) is 26.2 Å². The Labute approximate surface area is 121 Å². The van der Waals surface area contributed by atoms with Crippen LogP contribution in [0.2, 0.25) is 0 Å². The Bertz CT molecular complexity index is 571. The molecule has 0 spiro atoms. The zero-order chi connectivity index (χ0) is 14.4. The van der Waals surface area contributed by atoms with Crippen LogP contribution < -0.4 is 5.32 Å². The summed E-state index contributed by atoms with van der Waals surface area (Å²) in [6, 6.07) is 8.56. The Kier molecular flexibility index (Phi) is 5.39. The number of para-hydroxylation sites is 1. The van der Waals surface area contributed by atoms with Crippen LogP contribution in [0.5, 0.6) is 0 Å². The highest BCUT2D eigenvalue weighted by molar-refractivity contribution is 5.84. The lowest BCUT2D eigenvalue weighted by molar-refractivity contribution is 0.199. The van der Waals surface area contributed by atoms with Crippen molar-refractivity contribution in [2.45, 2.75) is 26.4 Å². The number of hydrogen-bond donors (Lipinski definition) is 1. The molecule has 3 heteroatoms. The quantitative estimate of drug-likeness (QED) is 0.589. The van der Waals surface area contributed by atoms with Gasteiger partial charge in [-0.05, 0) is 18.1 Å². The molecular formula is C17H24N2O. The zero-order valence-corrected chi connectivity index (χ0v) is 12.5. The van der Waals surface area contributed by atoms with E-state index in [0.717, 1.165) is 32.7 Å². The number of nitrogens with zero attached hydrogens (tertiary/aromatic N) is 1. The molecule has 0 saturated carbocycles. The molecular weight excluding hydrogens is 248 g/mol. The maximum atomic E-state index is 5.06. The third kappa shape index (κ3) is 3.50. The lowest BCUT2D eigenvalue weighted by Gasteiger charge is -2.06. The van der Waals surface area contributed by atoms with Crippen LogP contribution in [-0.2, 0) is 17.8 Å². The Morgan fingerprint density at radius 2 is 2.15 bits per heavy atom. The van der Waals surface area contributed by atoms with Gasteiger partial charge in [0.1, 0.15) is 0 Å². The van der Waals surface area contributed by atoms with Crippen LogP contribution in [0.4, 0.5) is 0 Å². The molecule has 0 aliphatic rings. The second kappa shape index (κ2) is 7.27. The van der Waals surface area contributed by atoms with Crippen molar-refractivity contribution in [3.8, 4) is 0 Å². The van der Waals surface area contributed by atoms with Gasteiger partial charge in [0.15, 0.2) is 0 Å². The summed E-state index contributed by atoms with van der Waals surface area (Å²) >= 11 is 0. The maximum Gasteiger partial charge on any atom is 0.0587 e. The van der Waals surface area contributed by atoms with E-state index < -0.39 is 0 Å². The molecule has 0 aliphatic carbocycles. The molecule has 0 amide bonds. The van der Waals surface area contributed by atoms with Gasteiger partial charge in [-0.25, -0.2) is 0 Å². The van der Waals surface area contributed by atoms with Crippen LogP contribution in [0.3, 0.4) is 0 Å². The number of fused-ring (bicyclic) bond motifs is 1. The van der Waals surface area contributed by atoms with E-state index in [-0.39, 0.29) is 0 Å². The first kappa shape index (κ1) is 14.8. The lowest BCUT2D eigenvalue weighted by Crippen LogP contribution is -2.18. The van der Waals surface area contributed by atoms with Gasteiger partial charge in [-0.1, -0.05) is 37.3 Å². The van der Waals surface area contributed by atoms with E-state index in [2.05, 4.69) is 53.8 Å². The van der Waals surface area contributed by atoms with E-state index >= 15 is 0 Å². The van der Waals surface area contributed by atoms with Crippen molar-refractivity contribution in [3.05, 3.63) is 48.2 Å². The number of hydrogen-bond acceptors (Lipinski definition) is 2. The highest BCUT2D eigenvalue weighted by Gasteiger charge is 2.08. The summed E-state index contributed by atoms with van der Waals surface area (Å²) in [6.07, 6.45) is 3.26. The van der Waals surface area contributed by atoms with Crippen molar-refractivity contribution in [1.29, 1.82) is 0 Å². The number of methoxy groups -OCH3 is 1. The van der Waals surface area contributed by atoms with Gasteiger partial charge < -0.3 is 14.6 Å². The van der Waals surface area contributed by atoms with Crippen molar-refractivity contribution in [1.82, 2.24) is 9.88 Å². The summed E-state index contributed by atoms with van der Waals surface area (Å²) < 4.78 is 7.36. The van der Waals surface area contributed by atoms with Gasteiger partial charge in [0, 0.05) is 43.8 Å². The molecule has 20 heavy (non-hydrogen) atoms. The van der Waals surface area contributed by atoms with E-state index in [0.29, 0.717) is 0 Å². The Hall–Kier alpha value is -1.58. The molecule has 0 fully saturated rings. The monoisotopic (exact) mass is 272 g/mol. The summed E-state index contributed by atoms with van der Waals surface area (Å²) in [7, 11) is 1.73. The summed E-state index contributed by atoms with van der Waals surface area (Å²) in [5.74, 6) is 0. The van der Waals surface area contributed by atoms with Gasteiger partial charge in [0.05, 0.1) is 6.61 Å². The average molecular weight is 272 g/mol. The Morgan fingerprint density at radius 3 is 2.90 bits per heavy atom. The van der Waals surface area contributed by atoms with E-state index in [1.54, 1.807) is 7.11 Å². The van der Waals surface area contributed by atoms with Crippen LogP contribution in [0.15, 0.2) is 42.6 Å². The fourth-order valence-electron chi connectivity index (χ4n) is 2.34. The summed E-state index contributed by atoms with van der Waals surface area (Å²) in [6.45, 7) is 9.65. The molecule has 1 N–H and O–H groups in total. The van der Waals surface area contributed by atoms with Gasteiger partial charge in [-0.15, -0.1) is 0 Å². The molecule has 2 aromatic rings. The van der Waals surface area contributed by atoms with Crippen LogP contribution in [0.25, 0.3) is 10.9 Å². The Balaban J connectivity index is 2.19.